The van der Waals surface area contributed by atoms with Crippen molar-refractivity contribution in [3.05, 3.63) is 194 Å². The van der Waals surface area contributed by atoms with Gasteiger partial charge in [0.1, 0.15) is 0 Å². The summed E-state index contributed by atoms with van der Waals surface area (Å²) in [5.41, 5.74) is 12.1. The van der Waals surface area contributed by atoms with Crippen molar-refractivity contribution in [2.24, 2.45) is 0 Å². The molecule has 3 heteroatoms. The molecule has 256 valence electrons. The molecule has 3 aromatic heterocycles. The first-order valence-electron chi connectivity index (χ1n) is 18.8. The van der Waals surface area contributed by atoms with Crippen LogP contribution in [-0.4, -0.2) is 9.13 Å². The lowest BCUT2D eigenvalue weighted by Crippen LogP contribution is -1.94. The second-order valence-electron chi connectivity index (χ2n) is 14.6. The molecule has 0 aliphatic heterocycles. The first-order chi connectivity index (χ1) is 27.2. The fourth-order valence-corrected chi connectivity index (χ4v) is 10.0. The number of benzene rings is 9. The van der Waals surface area contributed by atoms with Gasteiger partial charge in [-0.25, -0.2) is 0 Å². The number of aromatic nitrogens is 2. The number of nitrogens with zero attached hydrogens (tertiary/aromatic N) is 2. The van der Waals surface area contributed by atoms with Crippen LogP contribution in [0, 0.1) is 0 Å². The van der Waals surface area contributed by atoms with Crippen molar-refractivity contribution in [1.82, 2.24) is 9.13 Å². The van der Waals surface area contributed by atoms with Gasteiger partial charge in [-0.05, 0) is 112 Å². The maximum Gasteiger partial charge on any atom is 0.0541 e. The van der Waals surface area contributed by atoms with Crippen LogP contribution >= 0.6 is 11.3 Å². The van der Waals surface area contributed by atoms with Crippen molar-refractivity contribution in [2.45, 2.75) is 0 Å². The molecule has 0 aliphatic rings. The predicted octanol–water partition coefficient (Wildman–Crippen LogP) is 14.7. The standard InChI is InChI=1S/C52H32N2S/c1-2-10-39(11-3-1)53-47-15-7-4-12-41(47)45-30-36(22-26-49(45)53)37-23-27-50-46(31-37)42-13-5-8-16-48(42)54(50)40-24-20-34-28-33(18-19-35(34)29-40)38-21-25-44-43-14-6-9-17-51(43)55-52(44)32-38/h1-32H. The van der Waals surface area contributed by atoms with E-state index in [1.54, 1.807) is 0 Å². The molecule has 0 aliphatic carbocycles. The van der Waals surface area contributed by atoms with E-state index in [1.807, 2.05) is 11.3 Å². The molecule has 0 bridgehead atoms. The van der Waals surface area contributed by atoms with Gasteiger partial charge in [-0.15, -0.1) is 11.3 Å². The van der Waals surface area contributed by atoms with Crippen molar-refractivity contribution < 1.29 is 0 Å². The van der Waals surface area contributed by atoms with Crippen LogP contribution in [0.2, 0.25) is 0 Å². The molecule has 0 saturated carbocycles. The molecule has 9 aromatic carbocycles. The second kappa shape index (κ2) is 11.8. The molecule has 55 heavy (non-hydrogen) atoms. The predicted molar refractivity (Wildman–Crippen MR) is 236 cm³/mol. The van der Waals surface area contributed by atoms with Crippen LogP contribution in [0.15, 0.2) is 194 Å². The van der Waals surface area contributed by atoms with E-state index >= 15 is 0 Å². The summed E-state index contributed by atoms with van der Waals surface area (Å²) in [4.78, 5) is 0. The largest absolute Gasteiger partial charge is 0.309 e. The van der Waals surface area contributed by atoms with E-state index in [2.05, 4.69) is 203 Å². The summed E-state index contributed by atoms with van der Waals surface area (Å²) in [6, 6.07) is 71.5. The molecule has 12 aromatic rings. The fourth-order valence-electron chi connectivity index (χ4n) is 8.90. The van der Waals surface area contributed by atoms with Crippen molar-refractivity contribution in [2.75, 3.05) is 0 Å². The molecule has 2 nitrogen and oxygen atoms in total. The quantitative estimate of drug-likeness (QED) is 0.172. The van der Waals surface area contributed by atoms with E-state index in [0.29, 0.717) is 0 Å². The van der Waals surface area contributed by atoms with Crippen LogP contribution < -0.4 is 0 Å². The van der Waals surface area contributed by atoms with Gasteiger partial charge in [0.25, 0.3) is 0 Å². The number of rotatable bonds is 4. The van der Waals surface area contributed by atoms with Crippen molar-refractivity contribution >= 4 is 85.9 Å². The minimum atomic E-state index is 1.17. The Morgan fingerprint density at radius 3 is 1.49 bits per heavy atom. The third kappa shape index (κ3) is 4.67. The Balaban J connectivity index is 0.955. The fraction of sp³-hybridized carbons (Fsp3) is 0. The highest BCUT2D eigenvalue weighted by atomic mass is 32.1. The average molecular weight is 717 g/mol. The maximum absolute atomic E-state index is 2.42. The molecule has 0 amide bonds. The van der Waals surface area contributed by atoms with Gasteiger partial charge in [0.05, 0.1) is 22.1 Å². The number of hydrogen-bond acceptors (Lipinski definition) is 1. The first-order valence-corrected chi connectivity index (χ1v) is 19.6. The van der Waals surface area contributed by atoms with Crippen molar-refractivity contribution in [1.29, 1.82) is 0 Å². The lowest BCUT2D eigenvalue weighted by Gasteiger charge is -2.11. The molecule has 0 spiro atoms. The molecule has 12 rings (SSSR count). The second-order valence-corrected chi connectivity index (χ2v) is 15.6. The van der Waals surface area contributed by atoms with Crippen LogP contribution in [0.4, 0.5) is 0 Å². The van der Waals surface area contributed by atoms with Gasteiger partial charge in [-0.2, -0.15) is 0 Å². The van der Waals surface area contributed by atoms with E-state index in [0.717, 1.165) is 0 Å². The number of thiophene rings is 1. The van der Waals surface area contributed by atoms with Crippen LogP contribution in [0.1, 0.15) is 0 Å². The lowest BCUT2D eigenvalue weighted by molar-refractivity contribution is 1.18. The molecular weight excluding hydrogens is 685 g/mol. The SMILES string of the molecule is c1ccc(-n2c3ccccc3c3cc(-c4ccc5c(c4)c4ccccc4n5-c4ccc5cc(-c6ccc7c(c6)sc6ccccc67)ccc5c4)ccc32)cc1. The summed E-state index contributed by atoms with van der Waals surface area (Å²) in [6.07, 6.45) is 0. The number of hydrogen-bond donors (Lipinski definition) is 0. The monoisotopic (exact) mass is 716 g/mol. The van der Waals surface area contributed by atoms with Crippen molar-refractivity contribution in [3.8, 4) is 33.6 Å². The zero-order valence-corrected chi connectivity index (χ0v) is 30.6. The third-order valence-corrected chi connectivity index (χ3v) is 12.6. The van der Waals surface area contributed by atoms with Crippen LogP contribution in [0.3, 0.4) is 0 Å². The van der Waals surface area contributed by atoms with Crippen molar-refractivity contribution in [3.63, 3.8) is 0 Å². The van der Waals surface area contributed by atoms with Gasteiger partial charge in [0.2, 0.25) is 0 Å². The Kier molecular flexibility index (Phi) is 6.54. The summed E-state index contributed by atoms with van der Waals surface area (Å²) in [5, 5.41) is 10.2. The molecular formula is C52H32N2S. The lowest BCUT2D eigenvalue weighted by atomic mass is 10.00. The van der Waals surface area contributed by atoms with E-state index in [9.17, 15) is 0 Å². The zero-order chi connectivity index (χ0) is 36.0. The molecule has 0 N–H and O–H groups in total. The minimum Gasteiger partial charge on any atom is -0.309 e. The van der Waals surface area contributed by atoms with Gasteiger partial charge in [0, 0.05) is 53.1 Å². The van der Waals surface area contributed by atoms with Gasteiger partial charge in [0.15, 0.2) is 0 Å². The van der Waals surface area contributed by atoms with Gasteiger partial charge >= 0.3 is 0 Å². The zero-order valence-electron chi connectivity index (χ0n) is 29.8. The highest BCUT2D eigenvalue weighted by Crippen LogP contribution is 2.40. The van der Waals surface area contributed by atoms with E-state index < -0.39 is 0 Å². The molecule has 0 fully saturated rings. The third-order valence-electron chi connectivity index (χ3n) is 11.5. The Bertz CT molecular complexity index is 3490. The van der Waals surface area contributed by atoms with Gasteiger partial charge in [-0.1, -0.05) is 115 Å². The summed E-state index contributed by atoms with van der Waals surface area (Å²) in [5.74, 6) is 0. The molecule has 0 atom stereocenters. The summed E-state index contributed by atoms with van der Waals surface area (Å²) in [7, 11) is 0. The van der Waals surface area contributed by atoms with Crippen LogP contribution in [0.25, 0.3) is 108 Å². The Morgan fingerprint density at radius 1 is 0.273 bits per heavy atom. The summed E-state index contributed by atoms with van der Waals surface area (Å²) >= 11 is 1.87. The molecule has 0 unspecified atom stereocenters. The van der Waals surface area contributed by atoms with E-state index in [4.69, 9.17) is 0 Å². The minimum absolute atomic E-state index is 1.17. The first kappa shape index (κ1) is 30.5. The summed E-state index contributed by atoms with van der Waals surface area (Å²) in [6.45, 7) is 0. The Morgan fingerprint density at radius 2 is 0.764 bits per heavy atom. The topological polar surface area (TPSA) is 9.86 Å². The maximum atomic E-state index is 2.42. The number of para-hydroxylation sites is 3. The van der Waals surface area contributed by atoms with E-state index in [1.165, 1.54) is 108 Å². The Hall–Kier alpha value is -6.94. The Labute approximate surface area is 321 Å². The highest BCUT2D eigenvalue weighted by Gasteiger charge is 2.16. The summed E-state index contributed by atoms with van der Waals surface area (Å²) < 4.78 is 7.47. The smallest absolute Gasteiger partial charge is 0.0541 e. The number of fused-ring (bicyclic) bond motifs is 10. The molecule has 0 saturated heterocycles. The van der Waals surface area contributed by atoms with Gasteiger partial charge < -0.3 is 9.13 Å². The highest BCUT2D eigenvalue weighted by molar-refractivity contribution is 7.25. The molecule has 0 radical (unpaired) electrons. The van der Waals surface area contributed by atoms with Crippen LogP contribution in [0.5, 0.6) is 0 Å². The van der Waals surface area contributed by atoms with Crippen LogP contribution in [-0.2, 0) is 0 Å². The van der Waals surface area contributed by atoms with E-state index in [-0.39, 0.29) is 0 Å². The average Bonchev–Trinajstić information content (AvgIpc) is 3.90. The molecule has 3 heterocycles. The normalized spacial score (nSPS) is 12.0. The van der Waals surface area contributed by atoms with Gasteiger partial charge in [-0.3, -0.25) is 0 Å².